The second-order valence-corrected chi connectivity index (χ2v) is 8.34. The highest BCUT2D eigenvalue weighted by Crippen LogP contribution is 2.26. The first-order valence-electron chi connectivity index (χ1n) is 9.94. The molecule has 0 atom stereocenters. The van der Waals surface area contributed by atoms with Crippen LogP contribution in [0.4, 0.5) is 4.39 Å². The van der Waals surface area contributed by atoms with E-state index in [0.29, 0.717) is 22.2 Å². The fourth-order valence-corrected chi connectivity index (χ4v) is 3.28. The molecule has 1 heterocycles. The van der Waals surface area contributed by atoms with E-state index >= 15 is 0 Å². The van der Waals surface area contributed by atoms with Gasteiger partial charge in [0.15, 0.2) is 11.8 Å². The van der Waals surface area contributed by atoms with Crippen molar-refractivity contribution in [2.45, 2.75) is 26.3 Å². The molecule has 5 nitrogen and oxygen atoms in total. The van der Waals surface area contributed by atoms with Crippen LogP contribution in [0.2, 0.25) is 0 Å². The van der Waals surface area contributed by atoms with E-state index < -0.39 is 11.4 Å². The zero-order chi connectivity index (χ0) is 22.2. The first-order valence-corrected chi connectivity index (χ1v) is 9.94. The molecule has 0 saturated heterocycles. The Morgan fingerprint density at radius 3 is 2.39 bits per heavy atom. The average molecular weight is 415 g/mol. The van der Waals surface area contributed by atoms with Crippen molar-refractivity contribution in [3.63, 3.8) is 0 Å². The van der Waals surface area contributed by atoms with Gasteiger partial charge in [-0.05, 0) is 36.4 Å². The van der Waals surface area contributed by atoms with Gasteiger partial charge in [0.1, 0.15) is 5.82 Å². The minimum Gasteiger partial charge on any atom is -0.623 e. The van der Waals surface area contributed by atoms with Gasteiger partial charge in [-0.1, -0.05) is 36.4 Å². The number of hydroxylamine groups is 1. The van der Waals surface area contributed by atoms with Crippen LogP contribution < -0.4 is 5.56 Å². The smallest absolute Gasteiger partial charge is 0.279 e. The summed E-state index contributed by atoms with van der Waals surface area (Å²) >= 11 is 0. The van der Waals surface area contributed by atoms with E-state index in [2.05, 4.69) is 5.10 Å². The van der Waals surface area contributed by atoms with Gasteiger partial charge in [-0.25, -0.2) is 9.13 Å². The van der Waals surface area contributed by atoms with Crippen molar-refractivity contribution in [3.8, 4) is 16.9 Å². The van der Waals surface area contributed by atoms with E-state index in [9.17, 15) is 14.4 Å². The Balaban J connectivity index is 1.96. The molecule has 6 heteroatoms. The van der Waals surface area contributed by atoms with Crippen molar-refractivity contribution in [1.82, 2.24) is 9.78 Å². The Labute approximate surface area is 179 Å². The van der Waals surface area contributed by atoms with Crippen molar-refractivity contribution in [3.05, 3.63) is 99.7 Å². The van der Waals surface area contributed by atoms with Crippen molar-refractivity contribution in [2.24, 2.45) is 0 Å². The molecule has 0 spiro atoms. The van der Waals surface area contributed by atoms with Gasteiger partial charge >= 0.3 is 0 Å². The highest BCUT2D eigenvalue weighted by atomic mass is 19.1. The maximum atomic E-state index is 13.8. The van der Waals surface area contributed by atoms with Gasteiger partial charge in [0.05, 0.1) is 16.8 Å². The molecule has 0 saturated carbocycles. The maximum Gasteiger partial charge on any atom is 0.279 e. The Hall–Kier alpha value is -3.80. The minimum absolute atomic E-state index is 0.328. The van der Waals surface area contributed by atoms with Crippen LogP contribution in [-0.4, -0.2) is 26.3 Å². The molecule has 0 radical (unpaired) electrons. The number of nitrogens with zero attached hydrogens (tertiary/aromatic N) is 3. The summed E-state index contributed by atoms with van der Waals surface area (Å²) in [6.45, 7) is 5.51. The summed E-state index contributed by atoms with van der Waals surface area (Å²) in [6, 6.07) is 20.4. The third kappa shape index (κ3) is 4.10. The zero-order valence-electron chi connectivity index (χ0n) is 17.5. The predicted molar refractivity (Wildman–Crippen MR) is 121 cm³/mol. The molecule has 0 aliphatic rings. The Bertz CT molecular complexity index is 1370. The number of aromatic nitrogens is 2. The number of halogens is 1. The van der Waals surface area contributed by atoms with Crippen LogP contribution in [-0.2, 0) is 0 Å². The largest absolute Gasteiger partial charge is 0.623 e. The lowest BCUT2D eigenvalue weighted by atomic mass is 10.0. The third-order valence-corrected chi connectivity index (χ3v) is 4.95. The SMILES string of the molecule is CC(C)(C)/[N+]([O-])=C/c1cccc(-c2nn(-c3cccc(F)c3)c(=O)c3ccccc23)c1. The summed E-state index contributed by atoms with van der Waals surface area (Å²) in [5, 5.41) is 18.1. The van der Waals surface area contributed by atoms with Gasteiger partial charge in [0, 0.05) is 37.3 Å². The second kappa shape index (κ2) is 7.80. The van der Waals surface area contributed by atoms with Crippen LogP contribution in [0.3, 0.4) is 0 Å². The van der Waals surface area contributed by atoms with Gasteiger partial charge in [-0.2, -0.15) is 9.78 Å². The fourth-order valence-electron chi connectivity index (χ4n) is 3.28. The van der Waals surface area contributed by atoms with Gasteiger partial charge in [0.2, 0.25) is 0 Å². The number of hydrogen-bond acceptors (Lipinski definition) is 3. The average Bonchev–Trinajstić information content (AvgIpc) is 2.74. The summed E-state index contributed by atoms with van der Waals surface area (Å²) in [5.41, 5.74) is 1.49. The standard InChI is InChI=1S/C25H22FN3O2/c1-25(2,3)28(31)16-17-8-6-9-18(14-17)23-21-12-4-5-13-22(21)24(30)29(27-23)20-11-7-10-19(26)15-20/h4-16H,1-3H3/b28-16-. The lowest BCUT2D eigenvalue weighted by molar-refractivity contribution is -0.530. The topological polar surface area (TPSA) is 61.0 Å². The van der Waals surface area contributed by atoms with Crippen molar-refractivity contribution in [2.75, 3.05) is 0 Å². The molecule has 0 aliphatic heterocycles. The molecule has 156 valence electrons. The quantitative estimate of drug-likeness (QED) is 0.207. The van der Waals surface area contributed by atoms with E-state index in [0.717, 1.165) is 15.9 Å². The van der Waals surface area contributed by atoms with Crippen molar-refractivity contribution in [1.29, 1.82) is 0 Å². The number of rotatable bonds is 3. The predicted octanol–water partition coefficient (Wildman–Crippen LogP) is 4.92. The van der Waals surface area contributed by atoms with Gasteiger partial charge < -0.3 is 5.21 Å². The number of fused-ring (bicyclic) bond motifs is 1. The molecule has 4 rings (SSSR count). The molecule has 4 aromatic rings. The van der Waals surface area contributed by atoms with E-state index in [1.807, 2.05) is 57.2 Å². The van der Waals surface area contributed by atoms with Crippen LogP contribution in [0.15, 0.2) is 77.6 Å². The first kappa shape index (κ1) is 20.5. The summed E-state index contributed by atoms with van der Waals surface area (Å²) in [5.74, 6) is -0.449. The molecule has 0 bridgehead atoms. The normalized spacial score (nSPS) is 12.3. The van der Waals surface area contributed by atoms with E-state index in [1.165, 1.54) is 23.0 Å². The van der Waals surface area contributed by atoms with Crippen LogP contribution in [0.1, 0.15) is 26.3 Å². The number of hydrogen-bond donors (Lipinski definition) is 0. The first-order chi connectivity index (χ1) is 14.7. The van der Waals surface area contributed by atoms with Crippen molar-refractivity contribution < 1.29 is 9.13 Å². The molecule has 1 aromatic heterocycles. The van der Waals surface area contributed by atoms with E-state index in [4.69, 9.17) is 0 Å². The lowest BCUT2D eigenvalue weighted by Crippen LogP contribution is -2.29. The van der Waals surface area contributed by atoms with Gasteiger partial charge in [-0.3, -0.25) is 4.79 Å². The molecule has 0 fully saturated rings. The molecule has 0 amide bonds. The fraction of sp³-hybridized carbons (Fsp3) is 0.160. The summed E-state index contributed by atoms with van der Waals surface area (Å²) in [6.07, 6.45) is 1.54. The molecule has 31 heavy (non-hydrogen) atoms. The zero-order valence-corrected chi connectivity index (χ0v) is 17.5. The highest BCUT2D eigenvalue weighted by Gasteiger charge is 2.19. The molecular formula is C25H22FN3O2. The van der Waals surface area contributed by atoms with Crippen LogP contribution in [0.5, 0.6) is 0 Å². The maximum absolute atomic E-state index is 13.8. The summed E-state index contributed by atoms with van der Waals surface area (Å²) < 4.78 is 15.9. The Morgan fingerprint density at radius 2 is 1.68 bits per heavy atom. The Kier molecular flexibility index (Phi) is 5.15. The molecule has 0 unspecified atom stereocenters. The van der Waals surface area contributed by atoms with Crippen LogP contribution in [0.25, 0.3) is 27.7 Å². The molecular weight excluding hydrogens is 393 g/mol. The Morgan fingerprint density at radius 1 is 0.968 bits per heavy atom. The third-order valence-electron chi connectivity index (χ3n) is 4.95. The monoisotopic (exact) mass is 415 g/mol. The van der Waals surface area contributed by atoms with Crippen molar-refractivity contribution >= 4 is 17.0 Å². The molecule has 3 aromatic carbocycles. The van der Waals surface area contributed by atoms with E-state index in [1.54, 1.807) is 24.3 Å². The molecule has 0 aliphatic carbocycles. The van der Waals surface area contributed by atoms with Crippen LogP contribution in [0, 0.1) is 11.0 Å². The minimum atomic E-state index is -0.564. The summed E-state index contributed by atoms with van der Waals surface area (Å²) in [4.78, 5) is 13.1. The lowest BCUT2D eigenvalue weighted by Gasteiger charge is -2.18. The van der Waals surface area contributed by atoms with E-state index in [-0.39, 0.29) is 5.56 Å². The van der Waals surface area contributed by atoms with Gasteiger partial charge in [0.25, 0.3) is 5.56 Å². The van der Waals surface area contributed by atoms with Gasteiger partial charge in [-0.15, -0.1) is 0 Å². The number of benzene rings is 3. The highest BCUT2D eigenvalue weighted by molar-refractivity contribution is 5.94. The second-order valence-electron chi connectivity index (χ2n) is 8.34. The van der Waals surface area contributed by atoms with Crippen LogP contribution >= 0.6 is 0 Å². The summed E-state index contributed by atoms with van der Waals surface area (Å²) in [7, 11) is 0. The molecule has 0 N–H and O–H groups in total.